The molecule has 8 heteroatoms. The van der Waals surface area contributed by atoms with E-state index in [1.807, 2.05) is 31.2 Å². The molecule has 164 valence electrons. The number of nitrogens with zero attached hydrogens (tertiary/aromatic N) is 2. The summed E-state index contributed by atoms with van der Waals surface area (Å²) in [6, 6.07) is 14.0. The van der Waals surface area contributed by atoms with E-state index in [-0.39, 0.29) is 10.8 Å². The Morgan fingerprint density at radius 1 is 1.16 bits per heavy atom. The molecule has 0 aliphatic carbocycles. The first-order valence-corrected chi connectivity index (χ1v) is 12.2. The molecule has 1 aromatic heterocycles. The second-order valence-corrected chi connectivity index (χ2v) is 9.93. The number of carbonyl (C=O) groups excluding carboxylic acids is 1. The number of para-hydroxylation sites is 2. The highest BCUT2D eigenvalue weighted by Gasteiger charge is 2.37. The van der Waals surface area contributed by atoms with Gasteiger partial charge in [0.05, 0.1) is 15.9 Å². The van der Waals surface area contributed by atoms with Crippen LogP contribution in [0.15, 0.2) is 53.4 Å². The SMILES string of the molecule is Cc1ccc(S(=O)(=O)N2CCCC[C@@H]2C(=O)NCCCc2nc3ccccc3[nH]2)cc1. The smallest absolute Gasteiger partial charge is 0.243 e. The Labute approximate surface area is 182 Å². The lowest BCUT2D eigenvalue weighted by Crippen LogP contribution is -2.51. The fourth-order valence-corrected chi connectivity index (χ4v) is 5.67. The largest absolute Gasteiger partial charge is 0.355 e. The molecule has 4 rings (SSSR count). The molecule has 3 aromatic rings. The molecule has 0 unspecified atom stereocenters. The molecule has 0 radical (unpaired) electrons. The number of benzene rings is 2. The van der Waals surface area contributed by atoms with Crippen molar-refractivity contribution < 1.29 is 13.2 Å². The highest BCUT2D eigenvalue weighted by molar-refractivity contribution is 7.89. The zero-order chi connectivity index (χ0) is 21.8. The molecule has 2 N–H and O–H groups in total. The van der Waals surface area contributed by atoms with Gasteiger partial charge >= 0.3 is 0 Å². The van der Waals surface area contributed by atoms with Crippen LogP contribution in [0.5, 0.6) is 0 Å². The first kappa shape index (κ1) is 21.5. The van der Waals surface area contributed by atoms with Gasteiger partial charge in [0.15, 0.2) is 0 Å². The molecule has 0 bridgehead atoms. The molecule has 2 heterocycles. The second kappa shape index (κ2) is 9.20. The van der Waals surface area contributed by atoms with Crippen LogP contribution in [0.2, 0.25) is 0 Å². The van der Waals surface area contributed by atoms with Gasteiger partial charge in [0, 0.05) is 19.5 Å². The molecule has 31 heavy (non-hydrogen) atoms. The van der Waals surface area contributed by atoms with Gasteiger partial charge in [0.1, 0.15) is 11.9 Å². The molecule has 7 nitrogen and oxygen atoms in total. The molecule has 1 saturated heterocycles. The average Bonchev–Trinajstić information content (AvgIpc) is 3.20. The number of nitrogens with one attached hydrogen (secondary N) is 2. The van der Waals surface area contributed by atoms with E-state index in [1.54, 1.807) is 24.3 Å². The van der Waals surface area contributed by atoms with E-state index in [2.05, 4.69) is 15.3 Å². The third-order valence-electron chi connectivity index (χ3n) is 5.71. The van der Waals surface area contributed by atoms with Gasteiger partial charge in [-0.3, -0.25) is 4.79 Å². The fraction of sp³-hybridized carbons (Fsp3) is 0.391. The number of rotatable bonds is 7. The van der Waals surface area contributed by atoms with E-state index in [4.69, 9.17) is 0 Å². The van der Waals surface area contributed by atoms with Gasteiger partial charge in [-0.25, -0.2) is 13.4 Å². The Morgan fingerprint density at radius 3 is 2.71 bits per heavy atom. The number of aromatic amines is 1. The Morgan fingerprint density at radius 2 is 1.94 bits per heavy atom. The minimum absolute atomic E-state index is 0.222. The summed E-state index contributed by atoms with van der Waals surface area (Å²) in [7, 11) is -3.70. The summed E-state index contributed by atoms with van der Waals surface area (Å²) in [6.07, 6.45) is 3.59. The molecule has 0 saturated carbocycles. The van der Waals surface area contributed by atoms with Crippen molar-refractivity contribution in [2.75, 3.05) is 13.1 Å². The van der Waals surface area contributed by atoms with Crippen LogP contribution in [0.3, 0.4) is 0 Å². The van der Waals surface area contributed by atoms with E-state index < -0.39 is 16.1 Å². The Bertz CT molecular complexity index is 1120. The quantitative estimate of drug-likeness (QED) is 0.552. The van der Waals surface area contributed by atoms with Crippen LogP contribution in [0.25, 0.3) is 11.0 Å². The number of H-pyrrole nitrogens is 1. The highest BCUT2D eigenvalue weighted by Crippen LogP contribution is 2.25. The van der Waals surface area contributed by atoms with Crippen molar-refractivity contribution in [2.45, 2.75) is 50.0 Å². The van der Waals surface area contributed by atoms with E-state index in [0.29, 0.717) is 25.9 Å². The molecule has 1 aliphatic rings. The summed E-state index contributed by atoms with van der Waals surface area (Å²) in [6.45, 7) is 2.76. The van der Waals surface area contributed by atoms with Crippen LogP contribution < -0.4 is 5.32 Å². The average molecular weight is 441 g/mol. The molecule has 0 spiro atoms. The van der Waals surface area contributed by atoms with Gasteiger partial charge in [-0.2, -0.15) is 4.31 Å². The summed E-state index contributed by atoms with van der Waals surface area (Å²) < 4.78 is 27.7. The third-order valence-corrected chi connectivity index (χ3v) is 7.63. The van der Waals surface area contributed by atoms with Crippen LogP contribution in [0.1, 0.15) is 37.1 Å². The summed E-state index contributed by atoms with van der Waals surface area (Å²) in [5.41, 5.74) is 2.93. The lowest BCUT2D eigenvalue weighted by atomic mass is 10.0. The maximum atomic E-state index is 13.1. The van der Waals surface area contributed by atoms with Gasteiger partial charge in [0.25, 0.3) is 0 Å². The van der Waals surface area contributed by atoms with Crippen LogP contribution in [-0.4, -0.2) is 47.7 Å². The predicted molar refractivity (Wildman–Crippen MR) is 120 cm³/mol. The van der Waals surface area contributed by atoms with E-state index in [1.165, 1.54) is 4.31 Å². The summed E-state index contributed by atoms with van der Waals surface area (Å²) in [4.78, 5) is 20.9. The Hall–Kier alpha value is -2.71. The molecule has 1 amide bonds. The number of fused-ring (bicyclic) bond motifs is 1. The number of sulfonamides is 1. The molecule has 1 fully saturated rings. The fourth-order valence-electron chi connectivity index (χ4n) is 4.01. The van der Waals surface area contributed by atoms with E-state index in [9.17, 15) is 13.2 Å². The van der Waals surface area contributed by atoms with Crippen LogP contribution in [-0.2, 0) is 21.2 Å². The van der Waals surface area contributed by atoms with Crippen molar-refractivity contribution in [3.8, 4) is 0 Å². The number of imidazole rings is 1. The number of carbonyl (C=O) groups is 1. The highest BCUT2D eigenvalue weighted by atomic mass is 32.2. The van der Waals surface area contributed by atoms with Crippen molar-refractivity contribution in [1.29, 1.82) is 0 Å². The lowest BCUT2D eigenvalue weighted by Gasteiger charge is -2.33. The van der Waals surface area contributed by atoms with Gasteiger partial charge in [0.2, 0.25) is 15.9 Å². The Balaban J connectivity index is 1.36. The summed E-state index contributed by atoms with van der Waals surface area (Å²) in [5.74, 6) is 0.664. The van der Waals surface area contributed by atoms with Gasteiger partial charge in [-0.15, -0.1) is 0 Å². The number of aryl methyl sites for hydroxylation is 2. The minimum Gasteiger partial charge on any atom is -0.355 e. The first-order valence-electron chi connectivity index (χ1n) is 10.7. The molecule has 1 aliphatic heterocycles. The number of amides is 1. The van der Waals surface area contributed by atoms with Crippen LogP contribution in [0.4, 0.5) is 0 Å². The number of hydrogen-bond acceptors (Lipinski definition) is 4. The van der Waals surface area contributed by atoms with Crippen molar-refractivity contribution in [2.24, 2.45) is 0 Å². The van der Waals surface area contributed by atoms with Crippen LogP contribution >= 0.6 is 0 Å². The zero-order valence-electron chi connectivity index (χ0n) is 17.7. The van der Waals surface area contributed by atoms with Crippen molar-refractivity contribution >= 4 is 27.0 Å². The van der Waals surface area contributed by atoms with Crippen molar-refractivity contribution in [3.05, 3.63) is 59.9 Å². The first-order chi connectivity index (χ1) is 14.9. The van der Waals surface area contributed by atoms with Gasteiger partial charge in [-0.1, -0.05) is 36.2 Å². The van der Waals surface area contributed by atoms with E-state index in [0.717, 1.165) is 41.7 Å². The molecule has 2 aromatic carbocycles. The topological polar surface area (TPSA) is 95.2 Å². The zero-order valence-corrected chi connectivity index (χ0v) is 18.5. The monoisotopic (exact) mass is 440 g/mol. The number of piperidine rings is 1. The van der Waals surface area contributed by atoms with Crippen molar-refractivity contribution in [1.82, 2.24) is 19.6 Å². The summed E-state index contributed by atoms with van der Waals surface area (Å²) in [5, 5.41) is 2.93. The second-order valence-electron chi connectivity index (χ2n) is 8.04. The van der Waals surface area contributed by atoms with Gasteiger partial charge in [-0.05, 0) is 50.5 Å². The maximum absolute atomic E-state index is 13.1. The Kier molecular flexibility index (Phi) is 6.38. The number of aromatic nitrogens is 2. The minimum atomic E-state index is -3.70. The normalized spacial score (nSPS) is 17.6. The molecular formula is C23H28N4O3S. The molecule has 1 atom stereocenters. The van der Waals surface area contributed by atoms with Crippen LogP contribution in [0, 0.1) is 6.92 Å². The standard InChI is InChI=1S/C23H28N4O3S/c1-17-11-13-18(14-12-17)31(29,30)27-16-5-4-9-21(27)23(28)24-15-6-10-22-25-19-7-2-3-8-20(19)26-22/h2-3,7-8,11-14,21H,4-6,9-10,15-16H2,1H3,(H,24,28)(H,25,26)/t21-/m1/s1. The van der Waals surface area contributed by atoms with Crippen molar-refractivity contribution in [3.63, 3.8) is 0 Å². The summed E-state index contributed by atoms with van der Waals surface area (Å²) >= 11 is 0. The predicted octanol–water partition coefficient (Wildman–Crippen LogP) is 3.16. The van der Waals surface area contributed by atoms with Gasteiger partial charge < -0.3 is 10.3 Å². The molecular weight excluding hydrogens is 412 g/mol. The number of hydrogen-bond donors (Lipinski definition) is 2. The third kappa shape index (κ3) is 4.80. The van der Waals surface area contributed by atoms with E-state index >= 15 is 0 Å². The lowest BCUT2D eigenvalue weighted by molar-refractivity contribution is -0.125. The maximum Gasteiger partial charge on any atom is 0.243 e.